The van der Waals surface area contributed by atoms with E-state index in [1.165, 1.54) is 5.56 Å². The number of benzene rings is 2. The first-order chi connectivity index (χ1) is 16.9. The Hall–Kier alpha value is -3.38. The van der Waals surface area contributed by atoms with Crippen molar-refractivity contribution in [1.82, 2.24) is 19.6 Å². The van der Waals surface area contributed by atoms with Gasteiger partial charge < -0.3 is 9.80 Å². The zero-order valence-electron chi connectivity index (χ0n) is 20.2. The van der Waals surface area contributed by atoms with Crippen molar-refractivity contribution >= 4 is 29.5 Å². The molecule has 4 rings (SSSR count). The van der Waals surface area contributed by atoms with Crippen molar-refractivity contribution in [2.75, 3.05) is 20.1 Å². The molecule has 0 saturated carbocycles. The lowest BCUT2D eigenvalue weighted by molar-refractivity contribution is -0.127. The highest BCUT2D eigenvalue weighted by Gasteiger charge is 2.33. The zero-order valence-corrected chi connectivity index (χ0v) is 20.9. The van der Waals surface area contributed by atoms with Gasteiger partial charge >= 0.3 is 0 Å². The minimum atomic E-state index is -0.0745. The molecule has 1 atom stereocenters. The number of aryl methyl sites for hydroxylation is 1. The molecule has 2 heterocycles. The van der Waals surface area contributed by atoms with Crippen LogP contribution >= 0.6 is 11.6 Å². The Balaban J connectivity index is 1.43. The maximum atomic E-state index is 13.2. The van der Waals surface area contributed by atoms with Gasteiger partial charge in [-0.25, -0.2) is 0 Å². The van der Waals surface area contributed by atoms with Crippen LogP contribution in [0, 0.1) is 5.92 Å². The quantitative estimate of drug-likeness (QED) is 0.451. The van der Waals surface area contributed by atoms with Crippen molar-refractivity contribution in [3.05, 3.63) is 94.8 Å². The molecule has 3 aromatic rings. The molecule has 1 aliphatic heterocycles. The Morgan fingerprint density at radius 2 is 1.86 bits per heavy atom. The molecule has 1 aliphatic rings. The summed E-state index contributed by atoms with van der Waals surface area (Å²) in [5.74, 6) is 0.212. The van der Waals surface area contributed by atoms with Crippen LogP contribution in [0.25, 0.3) is 6.08 Å². The maximum absolute atomic E-state index is 13.2. The summed E-state index contributed by atoms with van der Waals surface area (Å²) in [6, 6.07) is 19.5. The highest BCUT2D eigenvalue weighted by Crippen LogP contribution is 2.27. The molecular formula is C28H31ClN4O2. The number of rotatable bonds is 7. The van der Waals surface area contributed by atoms with Gasteiger partial charge in [-0.15, -0.1) is 0 Å². The van der Waals surface area contributed by atoms with Crippen LogP contribution in [0.2, 0.25) is 5.02 Å². The van der Waals surface area contributed by atoms with Gasteiger partial charge in [0.15, 0.2) is 0 Å². The number of carbonyl (C=O) groups is 2. The Kier molecular flexibility index (Phi) is 8.03. The van der Waals surface area contributed by atoms with Crippen LogP contribution in [-0.2, 0) is 18.3 Å². The van der Waals surface area contributed by atoms with E-state index in [0.717, 1.165) is 24.8 Å². The summed E-state index contributed by atoms with van der Waals surface area (Å²) in [6.07, 6.45) is 7.65. The fourth-order valence-electron chi connectivity index (χ4n) is 4.72. The van der Waals surface area contributed by atoms with Crippen molar-refractivity contribution in [2.24, 2.45) is 13.0 Å². The molecule has 1 fully saturated rings. The van der Waals surface area contributed by atoms with E-state index in [2.05, 4.69) is 17.2 Å². The number of hydrogen-bond acceptors (Lipinski definition) is 3. The number of piperidine rings is 1. The molecule has 0 aliphatic carbocycles. The molecule has 0 N–H and O–H groups in total. The summed E-state index contributed by atoms with van der Waals surface area (Å²) in [4.78, 5) is 29.7. The third-order valence-electron chi connectivity index (χ3n) is 6.70. The number of hydrogen-bond donors (Lipinski definition) is 0. The van der Waals surface area contributed by atoms with Gasteiger partial charge in [0.2, 0.25) is 5.91 Å². The molecule has 2 amide bonds. The van der Waals surface area contributed by atoms with E-state index in [-0.39, 0.29) is 23.8 Å². The van der Waals surface area contributed by atoms with E-state index in [1.54, 1.807) is 29.1 Å². The van der Waals surface area contributed by atoms with Crippen LogP contribution in [0.4, 0.5) is 0 Å². The second-order valence-corrected chi connectivity index (χ2v) is 9.54. The Labute approximate surface area is 211 Å². The smallest absolute Gasteiger partial charge is 0.274 e. The molecule has 0 spiro atoms. The van der Waals surface area contributed by atoms with Crippen LogP contribution in [0.1, 0.15) is 34.5 Å². The molecule has 182 valence electrons. The number of halogens is 1. The predicted octanol–water partition coefficient (Wildman–Crippen LogP) is 4.71. The largest absolute Gasteiger partial charge is 0.339 e. The van der Waals surface area contributed by atoms with Gasteiger partial charge in [-0.1, -0.05) is 54.1 Å². The highest BCUT2D eigenvalue weighted by molar-refractivity contribution is 6.30. The fourth-order valence-corrected chi connectivity index (χ4v) is 4.92. The molecule has 35 heavy (non-hydrogen) atoms. The fraction of sp³-hybridized carbons (Fsp3) is 0.321. The Morgan fingerprint density at radius 1 is 1.11 bits per heavy atom. The highest BCUT2D eigenvalue weighted by atomic mass is 35.5. The molecular weight excluding hydrogens is 460 g/mol. The van der Waals surface area contributed by atoms with Crippen LogP contribution in [0.3, 0.4) is 0 Å². The molecule has 0 bridgehead atoms. The van der Waals surface area contributed by atoms with E-state index < -0.39 is 0 Å². The number of carbonyl (C=O) groups excluding carboxylic acids is 2. The summed E-state index contributed by atoms with van der Waals surface area (Å²) >= 11 is 6.04. The number of amides is 2. The minimum Gasteiger partial charge on any atom is -0.339 e. The maximum Gasteiger partial charge on any atom is 0.274 e. The lowest BCUT2D eigenvalue weighted by Gasteiger charge is -2.39. The number of likely N-dealkylation sites (tertiary alicyclic amines) is 1. The lowest BCUT2D eigenvalue weighted by atomic mass is 9.84. The normalized spacial score (nSPS) is 15.3. The molecule has 0 radical (unpaired) electrons. The van der Waals surface area contributed by atoms with Gasteiger partial charge in [-0.3, -0.25) is 14.3 Å². The van der Waals surface area contributed by atoms with E-state index in [1.807, 2.05) is 66.4 Å². The standard InChI is InChI=1S/C28H31ClN4O2/c1-31-16-15-25(30-31)28(35)32(2)26(20-21-7-4-3-5-8-21)23-13-17-33(18-14-23)27(34)12-11-22-9-6-10-24(29)19-22/h3-12,15-16,19,23,26H,13-14,17-18,20H2,1-2H3/b12-11+/t26-/m0/s1. The van der Waals surface area contributed by atoms with Crippen LogP contribution < -0.4 is 0 Å². The third kappa shape index (κ3) is 6.40. The van der Waals surface area contributed by atoms with Crippen molar-refractivity contribution in [1.29, 1.82) is 0 Å². The number of nitrogens with zero attached hydrogens (tertiary/aromatic N) is 4. The average Bonchev–Trinajstić information content (AvgIpc) is 3.32. The first kappa shape index (κ1) is 24.7. The minimum absolute atomic E-state index is 0.000881. The second-order valence-electron chi connectivity index (χ2n) is 9.10. The summed E-state index contributed by atoms with van der Waals surface area (Å²) in [6.45, 7) is 1.33. The third-order valence-corrected chi connectivity index (χ3v) is 6.94. The van der Waals surface area contributed by atoms with Crippen molar-refractivity contribution < 1.29 is 9.59 Å². The first-order valence-corrected chi connectivity index (χ1v) is 12.3. The molecule has 2 aromatic carbocycles. The summed E-state index contributed by atoms with van der Waals surface area (Å²) in [7, 11) is 3.68. The first-order valence-electron chi connectivity index (χ1n) is 11.9. The van der Waals surface area contributed by atoms with Gasteiger partial charge in [0, 0.05) is 50.5 Å². The Bertz CT molecular complexity index is 1180. The van der Waals surface area contributed by atoms with Crippen molar-refractivity contribution in [2.45, 2.75) is 25.3 Å². The van der Waals surface area contributed by atoms with Crippen LogP contribution in [0.5, 0.6) is 0 Å². The topological polar surface area (TPSA) is 58.4 Å². The molecule has 7 heteroatoms. The second kappa shape index (κ2) is 11.4. The molecule has 0 unspecified atom stereocenters. The number of likely N-dealkylation sites (N-methyl/N-ethyl adjacent to an activating group) is 1. The molecule has 1 aromatic heterocycles. The van der Waals surface area contributed by atoms with Gasteiger partial charge in [0.05, 0.1) is 0 Å². The van der Waals surface area contributed by atoms with E-state index in [9.17, 15) is 9.59 Å². The molecule has 1 saturated heterocycles. The average molecular weight is 491 g/mol. The van der Waals surface area contributed by atoms with Gasteiger partial charge in [0.1, 0.15) is 5.69 Å². The van der Waals surface area contributed by atoms with Crippen molar-refractivity contribution in [3.63, 3.8) is 0 Å². The van der Waals surface area contributed by atoms with Gasteiger partial charge in [-0.05, 0) is 60.6 Å². The SMILES string of the molecule is CN(C(=O)c1ccn(C)n1)[C@@H](Cc1ccccc1)C1CCN(C(=O)/C=C/c2cccc(Cl)c2)CC1. The Morgan fingerprint density at radius 3 is 2.51 bits per heavy atom. The summed E-state index contributed by atoms with van der Waals surface area (Å²) in [5.41, 5.74) is 2.55. The zero-order chi connectivity index (χ0) is 24.8. The van der Waals surface area contributed by atoms with E-state index in [4.69, 9.17) is 11.6 Å². The van der Waals surface area contributed by atoms with E-state index in [0.29, 0.717) is 23.8 Å². The predicted molar refractivity (Wildman–Crippen MR) is 139 cm³/mol. The number of aromatic nitrogens is 2. The molecule has 6 nitrogen and oxygen atoms in total. The monoisotopic (exact) mass is 490 g/mol. The summed E-state index contributed by atoms with van der Waals surface area (Å²) < 4.78 is 1.65. The van der Waals surface area contributed by atoms with E-state index >= 15 is 0 Å². The van der Waals surface area contributed by atoms with Gasteiger partial charge in [-0.2, -0.15) is 5.10 Å². The van der Waals surface area contributed by atoms with Gasteiger partial charge in [0.25, 0.3) is 5.91 Å². The van der Waals surface area contributed by atoms with Crippen LogP contribution in [0.15, 0.2) is 72.9 Å². The van der Waals surface area contributed by atoms with Crippen molar-refractivity contribution in [3.8, 4) is 0 Å². The summed E-state index contributed by atoms with van der Waals surface area (Å²) in [5, 5.41) is 4.96. The lowest BCUT2D eigenvalue weighted by Crippen LogP contribution is -2.48. The van der Waals surface area contributed by atoms with Crippen LogP contribution in [-0.4, -0.2) is 57.6 Å².